The lowest BCUT2D eigenvalue weighted by molar-refractivity contribution is 0.281. The number of rotatable bonds is 3. The van der Waals surface area contributed by atoms with E-state index in [-0.39, 0.29) is 6.61 Å². The maximum absolute atomic E-state index is 9.46. The summed E-state index contributed by atoms with van der Waals surface area (Å²) < 4.78 is 0. The fourth-order valence-corrected chi connectivity index (χ4v) is 2.79. The number of anilines is 3. The number of aliphatic hydroxyl groups is 1. The number of hydrogen-bond donors (Lipinski definition) is 1. The Morgan fingerprint density at radius 1 is 1.14 bits per heavy atom. The first-order valence-electron chi connectivity index (χ1n) is 7.41. The fourth-order valence-electron chi connectivity index (χ4n) is 2.79. The first-order chi connectivity index (χ1) is 10.2. The Balaban J connectivity index is 2.07. The molecular formula is C17H21N3O. The lowest BCUT2D eigenvalue weighted by Crippen LogP contribution is -2.36. The molecule has 21 heavy (non-hydrogen) atoms. The van der Waals surface area contributed by atoms with E-state index in [1.165, 1.54) is 11.4 Å². The molecule has 0 amide bonds. The third-order valence-electron chi connectivity index (χ3n) is 3.99. The number of likely N-dealkylation sites (N-methyl/N-ethyl adjacent to an activating group) is 1. The van der Waals surface area contributed by atoms with Crippen molar-refractivity contribution < 1.29 is 5.11 Å². The summed E-state index contributed by atoms with van der Waals surface area (Å²) in [4.78, 5) is 9.25. The Hall–Kier alpha value is -2.07. The summed E-state index contributed by atoms with van der Waals surface area (Å²) in [6.07, 6.45) is 0.871. The van der Waals surface area contributed by atoms with Crippen molar-refractivity contribution in [1.82, 2.24) is 4.98 Å². The number of pyridine rings is 1. The van der Waals surface area contributed by atoms with E-state index < -0.39 is 0 Å². The Morgan fingerprint density at radius 3 is 2.62 bits per heavy atom. The third kappa shape index (κ3) is 2.59. The topological polar surface area (TPSA) is 39.6 Å². The third-order valence-corrected chi connectivity index (χ3v) is 3.99. The molecule has 1 aromatic heterocycles. The summed E-state index contributed by atoms with van der Waals surface area (Å²) in [5.41, 5.74) is 4.34. The molecule has 0 unspecified atom stereocenters. The van der Waals surface area contributed by atoms with Gasteiger partial charge in [-0.2, -0.15) is 0 Å². The lowest BCUT2D eigenvalue weighted by Gasteiger charge is -2.36. The van der Waals surface area contributed by atoms with Crippen molar-refractivity contribution in [2.75, 3.05) is 29.9 Å². The van der Waals surface area contributed by atoms with Gasteiger partial charge >= 0.3 is 0 Å². The van der Waals surface area contributed by atoms with Crippen LogP contribution in [-0.2, 0) is 13.0 Å². The van der Waals surface area contributed by atoms with Crippen molar-refractivity contribution in [1.29, 1.82) is 0 Å². The van der Waals surface area contributed by atoms with Gasteiger partial charge in [-0.25, -0.2) is 4.98 Å². The molecule has 0 atom stereocenters. The number of benzene rings is 1. The molecule has 0 radical (unpaired) electrons. The van der Waals surface area contributed by atoms with E-state index in [2.05, 4.69) is 48.0 Å². The van der Waals surface area contributed by atoms with Crippen LogP contribution < -0.4 is 9.80 Å². The Kier molecular flexibility index (Phi) is 3.80. The van der Waals surface area contributed by atoms with Gasteiger partial charge < -0.3 is 14.9 Å². The molecule has 1 aliphatic heterocycles. The Bertz CT molecular complexity index is 619. The molecule has 0 spiro atoms. The van der Waals surface area contributed by atoms with Crippen LogP contribution in [-0.4, -0.2) is 30.2 Å². The Morgan fingerprint density at radius 2 is 1.90 bits per heavy atom. The lowest BCUT2D eigenvalue weighted by atomic mass is 10.1. The molecule has 0 bridgehead atoms. The number of aryl methyl sites for hydroxylation is 1. The summed E-state index contributed by atoms with van der Waals surface area (Å²) in [5.74, 6) is 0.930. The highest BCUT2D eigenvalue weighted by Crippen LogP contribution is 2.36. The highest BCUT2D eigenvalue weighted by atomic mass is 16.3. The van der Waals surface area contributed by atoms with Crippen LogP contribution in [0.2, 0.25) is 0 Å². The highest BCUT2D eigenvalue weighted by molar-refractivity contribution is 5.78. The zero-order valence-electron chi connectivity index (χ0n) is 12.6. The van der Waals surface area contributed by atoms with Gasteiger partial charge in [-0.1, -0.05) is 19.1 Å². The van der Waals surface area contributed by atoms with Gasteiger partial charge in [0.2, 0.25) is 0 Å². The summed E-state index contributed by atoms with van der Waals surface area (Å²) in [6, 6.07) is 12.4. The zero-order valence-corrected chi connectivity index (χ0v) is 12.6. The second kappa shape index (κ2) is 5.74. The predicted molar refractivity (Wildman–Crippen MR) is 86.3 cm³/mol. The van der Waals surface area contributed by atoms with Crippen molar-refractivity contribution >= 4 is 17.2 Å². The molecule has 2 aromatic rings. The second-order valence-corrected chi connectivity index (χ2v) is 5.40. The van der Waals surface area contributed by atoms with E-state index in [1.54, 1.807) is 0 Å². The molecule has 0 saturated heterocycles. The van der Waals surface area contributed by atoms with Gasteiger partial charge in [0, 0.05) is 25.8 Å². The summed E-state index contributed by atoms with van der Waals surface area (Å²) in [6.45, 7) is 4.01. The van der Waals surface area contributed by atoms with Crippen LogP contribution in [0, 0.1) is 0 Å². The van der Waals surface area contributed by atoms with Crippen LogP contribution in [0.4, 0.5) is 17.2 Å². The van der Waals surface area contributed by atoms with Gasteiger partial charge in [-0.15, -0.1) is 0 Å². The molecule has 2 heterocycles. The number of hydrogen-bond acceptors (Lipinski definition) is 4. The van der Waals surface area contributed by atoms with Crippen molar-refractivity contribution in [3.8, 4) is 0 Å². The van der Waals surface area contributed by atoms with Gasteiger partial charge in [0.15, 0.2) is 0 Å². The molecular weight excluding hydrogens is 262 g/mol. The quantitative estimate of drug-likeness (QED) is 0.940. The molecule has 1 N–H and O–H groups in total. The van der Waals surface area contributed by atoms with E-state index in [9.17, 15) is 5.11 Å². The van der Waals surface area contributed by atoms with E-state index in [4.69, 9.17) is 4.98 Å². The molecule has 1 aromatic carbocycles. The van der Waals surface area contributed by atoms with Gasteiger partial charge in [0.1, 0.15) is 5.82 Å². The van der Waals surface area contributed by atoms with Crippen LogP contribution in [0.25, 0.3) is 0 Å². The highest BCUT2D eigenvalue weighted by Gasteiger charge is 2.22. The monoisotopic (exact) mass is 283 g/mol. The molecule has 0 saturated carbocycles. The van der Waals surface area contributed by atoms with Gasteiger partial charge in [-0.05, 0) is 36.2 Å². The van der Waals surface area contributed by atoms with E-state index in [0.29, 0.717) is 0 Å². The van der Waals surface area contributed by atoms with Gasteiger partial charge in [0.05, 0.1) is 18.0 Å². The molecule has 0 aliphatic carbocycles. The molecule has 110 valence electrons. The molecule has 3 rings (SSSR count). The minimum absolute atomic E-state index is 0.0535. The normalized spacial score (nSPS) is 14.2. The van der Waals surface area contributed by atoms with Crippen molar-refractivity contribution in [2.24, 2.45) is 0 Å². The molecule has 0 fully saturated rings. The number of fused-ring (bicyclic) bond motifs is 1. The minimum atomic E-state index is 0.0535. The molecule has 1 aliphatic rings. The van der Waals surface area contributed by atoms with E-state index >= 15 is 0 Å². The maximum Gasteiger partial charge on any atom is 0.133 e. The fraction of sp³-hybridized carbons (Fsp3) is 0.353. The van der Waals surface area contributed by atoms with Crippen LogP contribution in [0.15, 0.2) is 36.4 Å². The number of aliphatic hydroxyl groups excluding tert-OH is 1. The zero-order chi connectivity index (χ0) is 14.8. The van der Waals surface area contributed by atoms with Crippen LogP contribution in [0.3, 0.4) is 0 Å². The second-order valence-electron chi connectivity index (χ2n) is 5.40. The van der Waals surface area contributed by atoms with Crippen molar-refractivity contribution in [2.45, 2.75) is 20.0 Å². The molecule has 4 nitrogen and oxygen atoms in total. The summed E-state index contributed by atoms with van der Waals surface area (Å²) in [7, 11) is 2.12. The summed E-state index contributed by atoms with van der Waals surface area (Å²) >= 11 is 0. The Labute approximate surface area is 125 Å². The SMILES string of the molecule is CCc1cc(CO)cc(N2CCN(C)c3ccccc32)n1. The van der Waals surface area contributed by atoms with Crippen LogP contribution >= 0.6 is 0 Å². The number of para-hydroxylation sites is 2. The van der Waals surface area contributed by atoms with Crippen LogP contribution in [0.5, 0.6) is 0 Å². The van der Waals surface area contributed by atoms with E-state index in [0.717, 1.165) is 36.6 Å². The van der Waals surface area contributed by atoms with Crippen LogP contribution in [0.1, 0.15) is 18.2 Å². The first kappa shape index (κ1) is 13.9. The minimum Gasteiger partial charge on any atom is -0.392 e. The van der Waals surface area contributed by atoms with Gasteiger partial charge in [-0.3, -0.25) is 0 Å². The number of aromatic nitrogens is 1. The predicted octanol–water partition coefficient (Wildman–Crippen LogP) is 2.72. The van der Waals surface area contributed by atoms with Crippen molar-refractivity contribution in [3.05, 3.63) is 47.7 Å². The summed E-state index contributed by atoms with van der Waals surface area (Å²) in [5, 5.41) is 9.46. The first-order valence-corrected chi connectivity index (χ1v) is 7.41. The largest absolute Gasteiger partial charge is 0.392 e. The standard InChI is InChI=1S/C17H21N3O/c1-3-14-10-13(12-21)11-17(18-14)20-9-8-19(2)15-6-4-5-7-16(15)20/h4-7,10-11,21H,3,8-9,12H2,1-2H3. The smallest absolute Gasteiger partial charge is 0.133 e. The average Bonchev–Trinajstić information content (AvgIpc) is 2.55. The van der Waals surface area contributed by atoms with Gasteiger partial charge in [0.25, 0.3) is 0 Å². The number of nitrogens with zero attached hydrogens (tertiary/aromatic N) is 3. The molecule has 4 heteroatoms. The van der Waals surface area contributed by atoms with Crippen molar-refractivity contribution in [3.63, 3.8) is 0 Å². The van der Waals surface area contributed by atoms with E-state index in [1.807, 2.05) is 12.1 Å². The maximum atomic E-state index is 9.46. The average molecular weight is 283 g/mol.